The molecule has 0 saturated carbocycles. The maximum Gasteiger partial charge on any atom is 0.115 e. The molecule has 3 heteroatoms. The van der Waals surface area contributed by atoms with E-state index in [-0.39, 0.29) is 5.75 Å². The van der Waals surface area contributed by atoms with Crippen LogP contribution in [0.5, 0.6) is 5.75 Å². The number of rotatable bonds is 3. The summed E-state index contributed by atoms with van der Waals surface area (Å²) in [6, 6.07) is 12.3. The Kier molecular flexibility index (Phi) is 3.01. The first-order valence-electron chi connectivity index (χ1n) is 5.19. The molecule has 0 atom stereocenters. The van der Waals surface area contributed by atoms with E-state index in [1.54, 1.807) is 30.3 Å². The minimum Gasteiger partial charge on any atom is -0.508 e. The van der Waals surface area contributed by atoms with Crippen LogP contribution in [0, 0.1) is 10.8 Å². The molecule has 2 aromatic carbocycles. The fourth-order valence-corrected chi connectivity index (χ4v) is 1.68. The van der Waals surface area contributed by atoms with Crippen molar-refractivity contribution < 1.29 is 5.11 Å². The maximum absolute atomic E-state index is 9.25. The first kappa shape index (κ1) is 11.1. The van der Waals surface area contributed by atoms with Gasteiger partial charge in [0.05, 0.1) is 0 Å². The number of phenols is 1. The molecule has 0 aliphatic heterocycles. The van der Waals surface area contributed by atoms with Gasteiger partial charge in [-0.2, -0.15) is 0 Å². The molecule has 0 aromatic heterocycles. The topological polar surface area (TPSA) is 67.9 Å². The molecule has 0 bridgehead atoms. The lowest BCUT2D eigenvalue weighted by Gasteiger charge is -2.07. The van der Waals surface area contributed by atoms with E-state index in [9.17, 15) is 5.11 Å². The zero-order valence-electron chi connectivity index (χ0n) is 9.14. The van der Waals surface area contributed by atoms with E-state index in [0.29, 0.717) is 0 Å². The predicted molar refractivity (Wildman–Crippen MR) is 69.3 cm³/mol. The lowest BCUT2D eigenvalue weighted by Crippen LogP contribution is -1.90. The molecule has 0 radical (unpaired) electrons. The Labute approximate surface area is 99.4 Å². The average molecular weight is 224 g/mol. The van der Waals surface area contributed by atoms with Crippen LogP contribution in [0.4, 0.5) is 0 Å². The summed E-state index contributed by atoms with van der Waals surface area (Å²) in [6.45, 7) is 0. The fourth-order valence-electron chi connectivity index (χ4n) is 1.68. The van der Waals surface area contributed by atoms with Gasteiger partial charge in [0.2, 0.25) is 0 Å². The summed E-state index contributed by atoms with van der Waals surface area (Å²) in [6.07, 6.45) is 2.56. The van der Waals surface area contributed by atoms with Crippen LogP contribution in [0.2, 0.25) is 0 Å². The van der Waals surface area contributed by atoms with E-state index in [4.69, 9.17) is 10.8 Å². The molecular weight excluding hydrogens is 212 g/mol. The predicted octanol–water partition coefficient (Wildman–Crippen LogP) is 3.05. The van der Waals surface area contributed by atoms with E-state index in [1.807, 2.05) is 12.1 Å². The molecule has 0 spiro atoms. The lowest BCUT2D eigenvalue weighted by molar-refractivity contribution is 0.475. The van der Waals surface area contributed by atoms with Crippen LogP contribution in [0.25, 0.3) is 11.1 Å². The van der Waals surface area contributed by atoms with Crippen molar-refractivity contribution in [1.29, 1.82) is 10.8 Å². The van der Waals surface area contributed by atoms with Gasteiger partial charge in [0.15, 0.2) is 0 Å². The van der Waals surface area contributed by atoms with Gasteiger partial charge in [0.25, 0.3) is 0 Å². The van der Waals surface area contributed by atoms with Gasteiger partial charge < -0.3 is 15.9 Å². The van der Waals surface area contributed by atoms with Gasteiger partial charge in [0.1, 0.15) is 5.75 Å². The summed E-state index contributed by atoms with van der Waals surface area (Å²) in [7, 11) is 0. The van der Waals surface area contributed by atoms with Crippen LogP contribution in [-0.2, 0) is 0 Å². The quantitative estimate of drug-likeness (QED) is 0.689. The molecule has 0 heterocycles. The fraction of sp³-hybridized carbons (Fsp3) is 0. The monoisotopic (exact) mass is 224 g/mol. The summed E-state index contributed by atoms with van der Waals surface area (Å²) < 4.78 is 0. The molecule has 0 aliphatic carbocycles. The number of hydrogen-bond donors (Lipinski definition) is 3. The second-order valence-corrected chi connectivity index (χ2v) is 3.68. The second kappa shape index (κ2) is 4.61. The largest absolute Gasteiger partial charge is 0.508 e. The summed E-state index contributed by atoms with van der Waals surface area (Å²) in [5.74, 6) is 0.216. The van der Waals surface area contributed by atoms with Crippen LogP contribution >= 0.6 is 0 Å². The van der Waals surface area contributed by atoms with Crippen LogP contribution in [0.1, 0.15) is 11.1 Å². The Morgan fingerprint density at radius 2 is 1.59 bits per heavy atom. The van der Waals surface area contributed by atoms with Gasteiger partial charge in [0, 0.05) is 12.4 Å². The van der Waals surface area contributed by atoms with E-state index in [1.165, 1.54) is 12.4 Å². The molecule has 2 rings (SSSR count). The number of benzene rings is 2. The molecule has 0 aliphatic rings. The Balaban J connectivity index is 2.59. The standard InChI is InChI=1S/C14H12N2O/c15-8-10-1-2-12(9-16)14(7-10)11-3-5-13(17)6-4-11/h1-9,15-17H. The highest BCUT2D eigenvalue weighted by Crippen LogP contribution is 2.25. The highest BCUT2D eigenvalue weighted by atomic mass is 16.3. The SMILES string of the molecule is N=Cc1ccc(C=N)c(-c2ccc(O)cc2)c1. The first-order chi connectivity index (χ1) is 8.24. The number of phenolic OH excluding ortho intramolecular Hbond substituents is 1. The Hall–Kier alpha value is -2.42. The zero-order valence-corrected chi connectivity index (χ0v) is 9.14. The summed E-state index contributed by atoms with van der Waals surface area (Å²) >= 11 is 0. The van der Waals surface area contributed by atoms with Crippen molar-refractivity contribution in [3.05, 3.63) is 53.6 Å². The van der Waals surface area contributed by atoms with E-state index >= 15 is 0 Å². The Bertz CT molecular complexity index is 559. The Morgan fingerprint density at radius 3 is 2.18 bits per heavy atom. The van der Waals surface area contributed by atoms with Crippen molar-refractivity contribution >= 4 is 12.4 Å². The third-order valence-electron chi connectivity index (χ3n) is 2.58. The number of aromatic hydroxyl groups is 1. The van der Waals surface area contributed by atoms with Gasteiger partial charge in [-0.1, -0.05) is 24.3 Å². The van der Waals surface area contributed by atoms with Crippen molar-refractivity contribution in [2.75, 3.05) is 0 Å². The third kappa shape index (κ3) is 2.23. The minimum atomic E-state index is 0.216. The molecule has 3 nitrogen and oxygen atoms in total. The highest BCUT2D eigenvalue weighted by molar-refractivity contribution is 5.92. The van der Waals surface area contributed by atoms with Crippen molar-refractivity contribution in [2.45, 2.75) is 0 Å². The molecule has 0 unspecified atom stereocenters. The molecule has 17 heavy (non-hydrogen) atoms. The normalized spacial score (nSPS) is 9.88. The van der Waals surface area contributed by atoms with Crippen molar-refractivity contribution in [1.82, 2.24) is 0 Å². The van der Waals surface area contributed by atoms with Crippen molar-refractivity contribution in [3.63, 3.8) is 0 Å². The summed E-state index contributed by atoms with van der Waals surface area (Å²) in [5.41, 5.74) is 3.39. The Morgan fingerprint density at radius 1 is 0.882 bits per heavy atom. The molecule has 3 N–H and O–H groups in total. The third-order valence-corrected chi connectivity index (χ3v) is 2.58. The first-order valence-corrected chi connectivity index (χ1v) is 5.19. The van der Waals surface area contributed by atoms with Crippen LogP contribution in [-0.4, -0.2) is 17.5 Å². The van der Waals surface area contributed by atoms with Crippen LogP contribution < -0.4 is 0 Å². The number of hydrogen-bond acceptors (Lipinski definition) is 3. The summed E-state index contributed by atoms with van der Waals surface area (Å²) in [4.78, 5) is 0. The molecule has 2 aromatic rings. The highest BCUT2D eigenvalue weighted by Gasteiger charge is 2.04. The smallest absolute Gasteiger partial charge is 0.115 e. The van der Waals surface area contributed by atoms with E-state index < -0.39 is 0 Å². The van der Waals surface area contributed by atoms with Gasteiger partial charge in [-0.05, 0) is 40.5 Å². The average Bonchev–Trinajstić information content (AvgIpc) is 2.39. The van der Waals surface area contributed by atoms with Gasteiger partial charge in [-0.25, -0.2) is 0 Å². The molecule has 0 fully saturated rings. The lowest BCUT2D eigenvalue weighted by atomic mass is 9.98. The number of nitrogens with one attached hydrogen (secondary N) is 2. The van der Waals surface area contributed by atoms with Gasteiger partial charge in [-0.3, -0.25) is 0 Å². The van der Waals surface area contributed by atoms with E-state index in [0.717, 1.165) is 22.3 Å². The van der Waals surface area contributed by atoms with Crippen LogP contribution in [0.3, 0.4) is 0 Å². The summed E-state index contributed by atoms with van der Waals surface area (Å²) in [5, 5.41) is 23.9. The zero-order chi connectivity index (χ0) is 12.3. The van der Waals surface area contributed by atoms with E-state index in [2.05, 4.69) is 0 Å². The maximum atomic E-state index is 9.25. The van der Waals surface area contributed by atoms with Gasteiger partial charge in [-0.15, -0.1) is 0 Å². The van der Waals surface area contributed by atoms with Crippen LogP contribution in [0.15, 0.2) is 42.5 Å². The minimum absolute atomic E-state index is 0.216. The van der Waals surface area contributed by atoms with Crippen molar-refractivity contribution in [3.8, 4) is 16.9 Å². The van der Waals surface area contributed by atoms with Crippen molar-refractivity contribution in [2.24, 2.45) is 0 Å². The molecular formula is C14H12N2O. The molecule has 84 valence electrons. The molecule has 0 saturated heterocycles. The molecule has 0 amide bonds. The van der Waals surface area contributed by atoms with Gasteiger partial charge >= 0.3 is 0 Å². The second-order valence-electron chi connectivity index (χ2n) is 3.68.